The van der Waals surface area contributed by atoms with Crippen molar-refractivity contribution in [2.45, 2.75) is 43.5 Å². The fraction of sp³-hybridized carbons (Fsp3) is 0.500. The number of amides is 1. The van der Waals surface area contributed by atoms with Crippen LogP contribution in [0.2, 0.25) is 0 Å². The molecule has 1 aromatic carbocycles. The largest absolute Gasteiger partial charge is 0.349 e. The van der Waals surface area contributed by atoms with Gasteiger partial charge in [0.15, 0.2) is 0 Å². The summed E-state index contributed by atoms with van der Waals surface area (Å²) < 4.78 is 0. The second-order valence-electron chi connectivity index (χ2n) is 4.77. The first kappa shape index (κ1) is 12.5. The Bertz CT molecular complexity index is 401. The molecule has 1 amide bonds. The highest BCUT2D eigenvalue weighted by molar-refractivity contribution is 7.80. The molecular weight excluding hydrogens is 230 g/mol. The van der Waals surface area contributed by atoms with E-state index in [1.807, 2.05) is 24.3 Å². The van der Waals surface area contributed by atoms with Crippen LogP contribution >= 0.6 is 12.6 Å². The average molecular weight is 249 g/mol. The summed E-state index contributed by atoms with van der Waals surface area (Å²) in [6, 6.07) is 7.74. The number of hydrogen-bond donors (Lipinski definition) is 2. The predicted molar refractivity (Wildman–Crippen MR) is 72.6 cm³/mol. The summed E-state index contributed by atoms with van der Waals surface area (Å²) in [6.07, 6.45) is 4.78. The summed E-state index contributed by atoms with van der Waals surface area (Å²) in [4.78, 5) is 12.8. The highest BCUT2D eigenvalue weighted by Gasteiger charge is 2.25. The van der Waals surface area contributed by atoms with Crippen molar-refractivity contribution in [3.05, 3.63) is 29.8 Å². The Balaban J connectivity index is 1.97. The third kappa shape index (κ3) is 3.50. The Hall–Kier alpha value is -0.960. The zero-order chi connectivity index (χ0) is 12.3. The maximum absolute atomic E-state index is 12.1. The van der Waals surface area contributed by atoms with Crippen LogP contribution in [0, 0.1) is 5.92 Å². The Morgan fingerprint density at radius 3 is 2.76 bits per heavy atom. The molecule has 1 unspecified atom stereocenters. The molecule has 92 valence electrons. The van der Waals surface area contributed by atoms with E-state index >= 15 is 0 Å². The van der Waals surface area contributed by atoms with Gasteiger partial charge in [0.1, 0.15) is 0 Å². The maximum Gasteiger partial charge on any atom is 0.252 e. The number of hydrogen-bond acceptors (Lipinski definition) is 2. The van der Waals surface area contributed by atoms with Gasteiger partial charge < -0.3 is 5.32 Å². The van der Waals surface area contributed by atoms with Crippen LogP contribution in [0.1, 0.15) is 43.0 Å². The van der Waals surface area contributed by atoms with E-state index in [4.69, 9.17) is 0 Å². The Morgan fingerprint density at radius 2 is 2.18 bits per heavy atom. The van der Waals surface area contributed by atoms with Gasteiger partial charge in [-0.25, -0.2) is 0 Å². The van der Waals surface area contributed by atoms with Crippen molar-refractivity contribution in [3.63, 3.8) is 0 Å². The van der Waals surface area contributed by atoms with Crippen molar-refractivity contribution in [3.8, 4) is 0 Å². The molecule has 3 heteroatoms. The molecule has 1 aromatic rings. The molecule has 17 heavy (non-hydrogen) atoms. The Kier molecular flexibility index (Phi) is 4.11. The molecule has 0 aromatic heterocycles. The minimum Gasteiger partial charge on any atom is -0.349 e. The normalized spacial score (nSPS) is 16.6. The van der Waals surface area contributed by atoms with Crippen molar-refractivity contribution in [1.82, 2.24) is 5.32 Å². The lowest BCUT2D eigenvalue weighted by Crippen LogP contribution is -2.34. The molecule has 1 saturated carbocycles. The zero-order valence-electron chi connectivity index (χ0n) is 10.1. The molecule has 2 nitrogen and oxygen atoms in total. The lowest BCUT2D eigenvalue weighted by Gasteiger charge is -2.17. The first-order valence-electron chi connectivity index (χ1n) is 6.29. The Morgan fingerprint density at radius 1 is 1.47 bits per heavy atom. The molecule has 0 heterocycles. The third-order valence-electron chi connectivity index (χ3n) is 3.29. The molecule has 0 spiro atoms. The molecule has 0 saturated heterocycles. The maximum atomic E-state index is 12.1. The summed E-state index contributed by atoms with van der Waals surface area (Å²) in [7, 11) is 0. The van der Waals surface area contributed by atoms with E-state index in [0.717, 1.165) is 23.7 Å². The van der Waals surface area contributed by atoms with Crippen LogP contribution in [0.3, 0.4) is 0 Å². The minimum atomic E-state index is 0.00287. The predicted octanol–water partition coefficient (Wildman–Crippen LogP) is 3.28. The minimum absolute atomic E-state index is 0.00287. The van der Waals surface area contributed by atoms with Gasteiger partial charge in [-0.2, -0.15) is 0 Å². The summed E-state index contributed by atoms with van der Waals surface area (Å²) in [5, 5.41) is 3.11. The Labute approximate surface area is 108 Å². The molecule has 1 atom stereocenters. The second kappa shape index (κ2) is 5.58. The van der Waals surface area contributed by atoms with E-state index in [9.17, 15) is 4.79 Å². The zero-order valence-corrected chi connectivity index (χ0v) is 11.0. The van der Waals surface area contributed by atoms with Gasteiger partial charge in [0.25, 0.3) is 5.91 Å². The fourth-order valence-electron chi connectivity index (χ4n) is 2.01. The summed E-state index contributed by atoms with van der Waals surface area (Å²) in [6.45, 7) is 2.12. The van der Waals surface area contributed by atoms with Gasteiger partial charge in [-0.05, 0) is 30.9 Å². The van der Waals surface area contributed by atoms with Crippen LogP contribution in [0.4, 0.5) is 0 Å². The monoisotopic (exact) mass is 249 g/mol. The number of carbonyl (C=O) groups excluding carboxylic acids is 1. The number of nitrogens with one attached hydrogen (secondary N) is 1. The fourth-order valence-corrected chi connectivity index (χ4v) is 2.27. The van der Waals surface area contributed by atoms with E-state index in [1.54, 1.807) is 0 Å². The smallest absolute Gasteiger partial charge is 0.252 e. The van der Waals surface area contributed by atoms with Gasteiger partial charge in [0, 0.05) is 10.9 Å². The molecule has 0 aliphatic heterocycles. The second-order valence-corrected chi connectivity index (χ2v) is 5.26. The number of rotatable bonds is 5. The van der Waals surface area contributed by atoms with E-state index in [1.165, 1.54) is 12.8 Å². The first-order valence-corrected chi connectivity index (χ1v) is 6.74. The molecule has 1 aliphatic rings. The van der Waals surface area contributed by atoms with Crippen molar-refractivity contribution < 1.29 is 4.79 Å². The quantitative estimate of drug-likeness (QED) is 0.770. The molecule has 0 radical (unpaired) electrons. The molecule has 1 N–H and O–H groups in total. The van der Waals surface area contributed by atoms with E-state index in [0.29, 0.717) is 11.6 Å². The highest BCUT2D eigenvalue weighted by atomic mass is 32.1. The van der Waals surface area contributed by atoms with Crippen molar-refractivity contribution in [2.75, 3.05) is 0 Å². The number of thiol groups is 1. The van der Waals surface area contributed by atoms with Crippen molar-refractivity contribution >= 4 is 18.5 Å². The van der Waals surface area contributed by atoms with E-state index in [-0.39, 0.29) is 5.91 Å². The van der Waals surface area contributed by atoms with Gasteiger partial charge in [-0.15, -0.1) is 12.6 Å². The van der Waals surface area contributed by atoms with Crippen LogP contribution in [0.25, 0.3) is 0 Å². The molecular formula is C14H19NOS. The van der Waals surface area contributed by atoms with E-state index in [2.05, 4.69) is 24.9 Å². The van der Waals surface area contributed by atoms with Crippen molar-refractivity contribution in [2.24, 2.45) is 5.92 Å². The third-order valence-corrected chi connectivity index (χ3v) is 3.68. The topological polar surface area (TPSA) is 29.1 Å². The lowest BCUT2D eigenvalue weighted by atomic mass is 10.1. The first-order chi connectivity index (χ1) is 8.20. The summed E-state index contributed by atoms with van der Waals surface area (Å²) in [5.74, 6) is 0.842. The van der Waals surface area contributed by atoms with Gasteiger partial charge >= 0.3 is 0 Å². The number of benzene rings is 1. The van der Waals surface area contributed by atoms with Gasteiger partial charge in [-0.1, -0.05) is 31.9 Å². The summed E-state index contributed by atoms with van der Waals surface area (Å²) in [5.41, 5.74) is 0.671. The highest BCUT2D eigenvalue weighted by Crippen LogP contribution is 2.34. The molecule has 1 fully saturated rings. The van der Waals surface area contributed by atoms with Crippen LogP contribution < -0.4 is 5.32 Å². The van der Waals surface area contributed by atoms with E-state index < -0.39 is 0 Å². The number of carbonyl (C=O) groups is 1. The van der Waals surface area contributed by atoms with Gasteiger partial charge in [-0.3, -0.25) is 4.79 Å². The van der Waals surface area contributed by atoms with Crippen LogP contribution in [-0.4, -0.2) is 11.9 Å². The standard InChI is InChI=1S/C14H19NOS/c1-2-11(9-10-7-8-10)15-14(16)12-5-3-4-6-13(12)17/h3-6,10-11,17H,2,7-9H2,1H3,(H,15,16). The van der Waals surface area contributed by atoms with Gasteiger partial charge in [0.05, 0.1) is 5.56 Å². The van der Waals surface area contributed by atoms with Crippen LogP contribution in [0.15, 0.2) is 29.2 Å². The molecule has 1 aliphatic carbocycles. The SMILES string of the molecule is CCC(CC1CC1)NC(=O)c1ccccc1S. The molecule has 2 rings (SSSR count). The van der Waals surface area contributed by atoms with Crippen LogP contribution in [-0.2, 0) is 0 Å². The van der Waals surface area contributed by atoms with Gasteiger partial charge in [0.2, 0.25) is 0 Å². The lowest BCUT2D eigenvalue weighted by molar-refractivity contribution is 0.0930. The molecule has 0 bridgehead atoms. The summed E-state index contributed by atoms with van der Waals surface area (Å²) >= 11 is 4.31. The average Bonchev–Trinajstić information content (AvgIpc) is 3.12. The van der Waals surface area contributed by atoms with Crippen molar-refractivity contribution in [1.29, 1.82) is 0 Å². The van der Waals surface area contributed by atoms with Crippen LogP contribution in [0.5, 0.6) is 0 Å².